The van der Waals surface area contributed by atoms with Crippen molar-refractivity contribution in [3.63, 3.8) is 0 Å². The van der Waals surface area contributed by atoms with Crippen LogP contribution in [0, 0.1) is 18.8 Å². The average molecular weight is 309 g/mol. The molecule has 0 spiro atoms. The summed E-state index contributed by atoms with van der Waals surface area (Å²) in [5.41, 5.74) is 8.92. The number of nitrogen functional groups attached to an aromatic ring is 1. The van der Waals surface area contributed by atoms with Crippen molar-refractivity contribution in [1.82, 2.24) is 10.3 Å². The molecule has 0 atom stereocenters. The van der Waals surface area contributed by atoms with Crippen molar-refractivity contribution >= 4 is 11.8 Å². The minimum Gasteiger partial charge on any atom is -0.445 e. The van der Waals surface area contributed by atoms with Gasteiger partial charge in [0.2, 0.25) is 0 Å². The highest BCUT2D eigenvalue weighted by Gasteiger charge is 2.00. The lowest BCUT2D eigenvalue weighted by atomic mass is 10.2. The van der Waals surface area contributed by atoms with Crippen molar-refractivity contribution in [3.8, 4) is 11.8 Å². The van der Waals surface area contributed by atoms with Crippen molar-refractivity contribution in [2.24, 2.45) is 0 Å². The number of rotatable bonds is 4. The van der Waals surface area contributed by atoms with Crippen LogP contribution in [0.4, 0.5) is 10.5 Å². The fourth-order valence-electron chi connectivity index (χ4n) is 1.79. The van der Waals surface area contributed by atoms with Gasteiger partial charge >= 0.3 is 6.09 Å². The van der Waals surface area contributed by atoms with Crippen LogP contribution in [-0.4, -0.2) is 17.6 Å². The maximum atomic E-state index is 11.5. The number of nitrogens with one attached hydrogen (secondary N) is 1. The Balaban J connectivity index is 1.68. The Labute approximate surface area is 135 Å². The molecule has 0 saturated carbocycles. The van der Waals surface area contributed by atoms with Gasteiger partial charge in [0.1, 0.15) is 12.3 Å². The number of ether oxygens (including phenoxy) is 1. The molecule has 0 fully saturated rings. The van der Waals surface area contributed by atoms with E-state index in [4.69, 9.17) is 10.5 Å². The lowest BCUT2D eigenvalue weighted by Crippen LogP contribution is -2.24. The first-order chi connectivity index (χ1) is 11.1. The fourth-order valence-corrected chi connectivity index (χ4v) is 1.79. The summed E-state index contributed by atoms with van der Waals surface area (Å²) < 4.78 is 5.10. The molecule has 0 aliphatic heterocycles. The van der Waals surface area contributed by atoms with E-state index in [-0.39, 0.29) is 6.61 Å². The lowest BCUT2D eigenvalue weighted by Gasteiger charge is -2.05. The number of hydrogen-bond donors (Lipinski definition) is 2. The molecule has 0 unspecified atom stereocenters. The number of amides is 1. The van der Waals surface area contributed by atoms with Crippen LogP contribution < -0.4 is 11.1 Å². The van der Waals surface area contributed by atoms with Crippen molar-refractivity contribution in [2.45, 2.75) is 20.0 Å². The first kappa shape index (κ1) is 16.4. The van der Waals surface area contributed by atoms with Gasteiger partial charge in [-0.15, -0.1) is 0 Å². The third kappa shape index (κ3) is 5.71. The molecular formula is C18H19N3O2. The Morgan fingerprint density at radius 2 is 2.13 bits per heavy atom. The summed E-state index contributed by atoms with van der Waals surface area (Å²) in [7, 11) is 0. The smallest absolute Gasteiger partial charge is 0.407 e. The topological polar surface area (TPSA) is 77.2 Å². The molecule has 1 aromatic carbocycles. The fraction of sp³-hybridized carbons (Fsp3) is 0.222. The van der Waals surface area contributed by atoms with Crippen molar-refractivity contribution in [3.05, 3.63) is 59.4 Å². The standard InChI is InChI=1S/C18H19N3O2/c1-14-11-16(21-12-17(14)19)9-5-6-10-20-18(22)23-13-15-7-3-2-4-8-15/h2-4,7-8,11-12H,6,10,13,19H2,1H3,(H,20,22). The second-order valence-corrected chi connectivity index (χ2v) is 4.97. The molecule has 2 aromatic rings. The summed E-state index contributed by atoms with van der Waals surface area (Å²) >= 11 is 0. The monoisotopic (exact) mass is 309 g/mol. The highest BCUT2D eigenvalue weighted by Crippen LogP contribution is 2.08. The lowest BCUT2D eigenvalue weighted by molar-refractivity contribution is 0.140. The number of aromatic nitrogens is 1. The van der Waals surface area contributed by atoms with E-state index in [9.17, 15) is 4.79 Å². The number of benzene rings is 1. The first-order valence-corrected chi connectivity index (χ1v) is 7.30. The minimum atomic E-state index is -0.447. The molecule has 1 aromatic heterocycles. The van der Waals surface area contributed by atoms with Gasteiger partial charge in [-0.1, -0.05) is 36.3 Å². The van der Waals surface area contributed by atoms with Gasteiger partial charge in [0.25, 0.3) is 0 Å². The van der Waals surface area contributed by atoms with E-state index in [0.29, 0.717) is 24.3 Å². The maximum absolute atomic E-state index is 11.5. The Morgan fingerprint density at radius 1 is 1.35 bits per heavy atom. The maximum Gasteiger partial charge on any atom is 0.407 e. The van der Waals surface area contributed by atoms with E-state index in [1.165, 1.54) is 0 Å². The molecule has 1 amide bonds. The van der Waals surface area contributed by atoms with E-state index < -0.39 is 6.09 Å². The zero-order valence-corrected chi connectivity index (χ0v) is 13.0. The van der Waals surface area contributed by atoms with Gasteiger partial charge < -0.3 is 15.8 Å². The number of anilines is 1. The zero-order chi connectivity index (χ0) is 16.5. The van der Waals surface area contributed by atoms with Crippen LogP contribution in [0.1, 0.15) is 23.2 Å². The number of nitrogens with zero attached hydrogens (tertiary/aromatic N) is 1. The second-order valence-electron chi connectivity index (χ2n) is 4.97. The normalized spacial score (nSPS) is 9.61. The Morgan fingerprint density at radius 3 is 2.87 bits per heavy atom. The van der Waals surface area contributed by atoms with E-state index in [1.807, 2.05) is 43.3 Å². The highest BCUT2D eigenvalue weighted by molar-refractivity contribution is 5.67. The van der Waals surface area contributed by atoms with Gasteiger partial charge in [0.15, 0.2) is 0 Å². The molecule has 0 aliphatic carbocycles. The van der Waals surface area contributed by atoms with Crippen LogP contribution in [0.3, 0.4) is 0 Å². The van der Waals surface area contributed by atoms with Gasteiger partial charge in [-0.3, -0.25) is 0 Å². The molecule has 0 saturated heterocycles. The van der Waals surface area contributed by atoms with E-state index in [2.05, 4.69) is 22.1 Å². The van der Waals surface area contributed by atoms with Crippen LogP contribution in [0.5, 0.6) is 0 Å². The number of aryl methyl sites for hydroxylation is 1. The number of alkyl carbamates (subject to hydrolysis) is 1. The van der Waals surface area contributed by atoms with Crippen LogP contribution in [0.15, 0.2) is 42.6 Å². The number of pyridine rings is 1. The highest BCUT2D eigenvalue weighted by atomic mass is 16.5. The summed E-state index contributed by atoms with van der Waals surface area (Å²) in [5.74, 6) is 5.89. The molecule has 3 N–H and O–H groups in total. The SMILES string of the molecule is Cc1cc(C#CCCNC(=O)OCc2ccccc2)ncc1N. The van der Waals surface area contributed by atoms with Crippen LogP contribution in [-0.2, 0) is 11.3 Å². The van der Waals surface area contributed by atoms with E-state index >= 15 is 0 Å². The Hall–Kier alpha value is -3.00. The molecule has 2 rings (SSSR count). The van der Waals surface area contributed by atoms with Gasteiger partial charge in [-0.2, -0.15) is 0 Å². The van der Waals surface area contributed by atoms with E-state index in [1.54, 1.807) is 6.20 Å². The largest absolute Gasteiger partial charge is 0.445 e. The molecule has 1 heterocycles. The molecule has 0 aliphatic rings. The van der Waals surface area contributed by atoms with Crippen LogP contribution in [0.25, 0.3) is 0 Å². The van der Waals surface area contributed by atoms with Gasteiger partial charge in [0.05, 0.1) is 11.9 Å². The molecule has 0 bridgehead atoms. The predicted molar refractivity (Wildman–Crippen MR) is 89.5 cm³/mol. The number of nitrogens with two attached hydrogens (primary N) is 1. The van der Waals surface area contributed by atoms with Crippen LogP contribution >= 0.6 is 0 Å². The van der Waals surface area contributed by atoms with Gasteiger partial charge in [0, 0.05) is 13.0 Å². The van der Waals surface area contributed by atoms with Gasteiger partial charge in [-0.05, 0) is 30.0 Å². The molecule has 5 nitrogen and oxygen atoms in total. The third-order valence-electron chi connectivity index (χ3n) is 3.10. The van der Waals surface area contributed by atoms with Crippen LogP contribution in [0.2, 0.25) is 0 Å². The number of carbonyl (C=O) groups is 1. The molecule has 5 heteroatoms. The number of carbonyl (C=O) groups excluding carboxylic acids is 1. The number of hydrogen-bond acceptors (Lipinski definition) is 4. The summed E-state index contributed by atoms with van der Waals surface area (Å²) in [6.07, 6.45) is 1.67. The molecule has 118 valence electrons. The van der Waals surface area contributed by atoms with Crippen molar-refractivity contribution in [2.75, 3.05) is 12.3 Å². The third-order valence-corrected chi connectivity index (χ3v) is 3.10. The average Bonchev–Trinajstić information content (AvgIpc) is 2.57. The predicted octanol–water partition coefficient (Wildman–Crippen LogP) is 2.64. The Kier molecular flexibility index (Phi) is 6.01. The van der Waals surface area contributed by atoms with E-state index in [0.717, 1.165) is 11.1 Å². The molecule has 23 heavy (non-hydrogen) atoms. The summed E-state index contributed by atoms with van der Waals surface area (Å²) in [4.78, 5) is 15.6. The summed E-state index contributed by atoms with van der Waals surface area (Å²) in [6.45, 7) is 2.59. The molecule has 0 radical (unpaired) electrons. The quantitative estimate of drug-likeness (QED) is 0.672. The van der Waals surface area contributed by atoms with Crippen molar-refractivity contribution in [1.29, 1.82) is 0 Å². The zero-order valence-electron chi connectivity index (χ0n) is 13.0. The van der Waals surface area contributed by atoms with Gasteiger partial charge in [-0.25, -0.2) is 9.78 Å². The summed E-state index contributed by atoms with van der Waals surface area (Å²) in [5, 5.41) is 2.66. The second kappa shape index (κ2) is 8.44. The first-order valence-electron chi connectivity index (χ1n) is 7.30. The van der Waals surface area contributed by atoms with Crippen molar-refractivity contribution < 1.29 is 9.53 Å². The summed E-state index contributed by atoms with van der Waals surface area (Å²) in [6, 6.07) is 11.4. The Bertz CT molecular complexity index is 718. The minimum absolute atomic E-state index is 0.257. The molecular weight excluding hydrogens is 290 g/mol.